The van der Waals surface area contributed by atoms with E-state index in [2.05, 4.69) is 10.6 Å². The maximum Gasteiger partial charge on any atom is 0.257 e. The van der Waals surface area contributed by atoms with Gasteiger partial charge in [0.15, 0.2) is 5.11 Å². The average molecular weight is 320 g/mol. The second kappa shape index (κ2) is 7.75. The number of hydrogen-bond acceptors (Lipinski definition) is 4. The largest absolute Gasteiger partial charge is 0.494 e. The molecule has 2 aromatic rings. The molecule has 1 aromatic carbocycles. The fourth-order valence-corrected chi connectivity index (χ4v) is 2.48. The number of nitrogens with one attached hydrogen (secondary N) is 2. The predicted molar refractivity (Wildman–Crippen MR) is 88.8 cm³/mol. The van der Waals surface area contributed by atoms with Crippen molar-refractivity contribution in [1.82, 2.24) is 10.6 Å². The van der Waals surface area contributed by atoms with Crippen molar-refractivity contribution in [3.05, 3.63) is 52.2 Å². The number of carbonyl (C=O) groups excluding carboxylic acids is 1. The van der Waals surface area contributed by atoms with Crippen LogP contribution in [-0.4, -0.2) is 17.6 Å². The van der Waals surface area contributed by atoms with Crippen LogP contribution in [-0.2, 0) is 6.54 Å². The molecule has 0 aliphatic carbocycles. The maximum atomic E-state index is 12.0. The molecule has 0 radical (unpaired) electrons. The van der Waals surface area contributed by atoms with E-state index in [1.165, 1.54) is 0 Å². The van der Waals surface area contributed by atoms with Crippen molar-refractivity contribution < 1.29 is 9.53 Å². The van der Waals surface area contributed by atoms with E-state index in [0.29, 0.717) is 23.8 Å². The minimum atomic E-state index is -0.235. The van der Waals surface area contributed by atoms with Crippen molar-refractivity contribution in [2.45, 2.75) is 13.5 Å². The smallest absolute Gasteiger partial charge is 0.257 e. The molecule has 2 N–H and O–H groups in total. The number of ether oxygens (including phenoxy) is 1. The SMILES string of the molecule is CCOc1ccc(C(=O)NC(=S)NCc2cccs2)cc1. The van der Waals surface area contributed by atoms with E-state index in [9.17, 15) is 4.79 Å². The number of thiocarbonyl (C=S) groups is 1. The highest BCUT2D eigenvalue weighted by molar-refractivity contribution is 7.80. The standard InChI is InChI=1S/C15H16N2O2S2/c1-2-19-12-7-5-11(6-8-12)14(18)17-15(20)16-10-13-4-3-9-21-13/h3-9H,2,10H2,1H3,(H2,16,17,18,20). The fraction of sp³-hybridized carbons (Fsp3) is 0.200. The van der Waals surface area contributed by atoms with Gasteiger partial charge in [0.05, 0.1) is 13.2 Å². The maximum absolute atomic E-state index is 12.0. The Balaban J connectivity index is 1.84. The molecule has 0 aliphatic heterocycles. The molecular weight excluding hydrogens is 304 g/mol. The highest BCUT2D eigenvalue weighted by atomic mass is 32.1. The monoisotopic (exact) mass is 320 g/mol. The molecule has 0 aliphatic rings. The Labute approximate surface area is 133 Å². The summed E-state index contributed by atoms with van der Waals surface area (Å²) in [6, 6.07) is 10.9. The average Bonchev–Trinajstić information content (AvgIpc) is 2.99. The molecule has 110 valence electrons. The van der Waals surface area contributed by atoms with Crippen LogP contribution in [0.5, 0.6) is 5.75 Å². The Morgan fingerprint density at radius 1 is 1.29 bits per heavy atom. The van der Waals surface area contributed by atoms with Crippen molar-refractivity contribution in [1.29, 1.82) is 0 Å². The number of benzene rings is 1. The first-order chi connectivity index (χ1) is 10.2. The summed E-state index contributed by atoms with van der Waals surface area (Å²) in [7, 11) is 0. The highest BCUT2D eigenvalue weighted by Gasteiger charge is 2.07. The van der Waals surface area contributed by atoms with Gasteiger partial charge >= 0.3 is 0 Å². The molecule has 1 heterocycles. The first-order valence-electron chi connectivity index (χ1n) is 6.53. The van der Waals surface area contributed by atoms with Gasteiger partial charge in [-0.05, 0) is 54.9 Å². The Morgan fingerprint density at radius 2 is 2.05 bits per heavy atom. The first-order valence-corrected chi connectivity index (χ1v) is 7.82. The van der Waals surface area contributed by atoms with Crippen LogP contribution in [0, 0.1) is 0 Å². The van der Waals surface area contributed by atoms with Crippen molar-refractivity contribution in [2.75, 3.05) is 6.61 Å². The second-order valence-electron chi connectivity index (χ2n) is 4.17. The highest BCUT2D eigenvalue weighted by Crippen LogP contribution is 2.12. The Hall–Kier alpha value is -1.92. The zero-order valence-electron chi connectivity index (χ0n) is 11.6. The lowest BCUT2D eigenvalue weighted by molar-refractivity contribution is 0.0976. The van der Waals surface area contributed by atoms with E-state index in [4.69, 9.17) is 17.0 Å². The van der Waals surface area contributed by atoms with Gasteiger partial charge in [-0.2, -0.15) is 0 Å². The summed E-state index contributed by atoms with van der Waals surface area (Å²) in [4.78, 5) is 13.2. The van der Waals surface area contributed by atoms with Gasteiger partial charge in [-0.25, -0.2) is 0 Å². The summed E-state index contributed by atoms with van der Waals surface area (Å²) in [6.07, 6.45) is 0. The quantitative estimate of drug-likeness (QED) is 0.832. The molecule has 2 rings (SSSR count). The molecule has 0 bridgehead atoms. The van der Waals surface area contributed by atoms with E-state index in [-0.39, 0.29) is 5.91 Å². The van der Waals surface area contributed by atoms with Gasteiger partial charge in [0.25, 0.3) is 5.91 Å². The van der Waals surface area contributed by atoms with Crippen molar-refractivity contribution in [2.24, 2.45) is 0 Å². The zero-order valence-corrected chi connectivity index (χ0v) is 13.2. The molecule has 6 heteroatoms. The van der Waals surface area contributed by atoms with Crippen molar-refractivity contribution in [3.8, 4) is 5.75 Å². The van der Waals surface area contributed by atoms with Crippen LogP contribution in [0.2, 0.25) is 0 Å². The van der Waals surface area contributed by atoms with Gasteiger partial charge in [0, 0.05) is 10.4 Å². The van der Waals surface area contributed by atoms with Gasteiger partial charge in [0.1, 0.15) is 5.75 Å². The Kier molecular flexibility index (Phi) is 5.71. The topological polar surface area (TPSA) is 50.4 Å². The third-order valence-electron chi connectivity index (χ3n) is 2.66. The molecule has 1 amide bonds. The van der Waals surface area contributed by atoms with Crippen LogP contribution in [0.25, 0.3) is 0 Å². The number of hydrogen-bond donors (Lipinski definition) is 2. The lowest BCUT2D eigenvalue weighted by Crippen LogP contribution is -2.38. The molecule has 0 saturated heterocycles. The van der Waals surface area contributed by atoms with Crippen molar-refractivity contribution >= 4 is 34.6 Å². The molecule has 0 fully saturated rings. The summed E-state index contributed by atoms with van der Waals surface area (Å²) in [5.41, 5.74) is 0.540. The molecule has 1 aromatic heterocycles. The van der Waals surface area contributed by atoms with Gasteiger partial charge in [-0.15, -0.1) is 11.3 Å². The summed E-state index contributed by atoms with van der Waals surface area (Å²) in [6.45, 7) is 3.13. The second-order valence-corrected chi connectivity index (χ2v) is 5.61. The van der Waals surface area contributed by atoms with Crippen LogP contribution >= 0.6 is 23.6 Å². The van der Waals surface area contributed by atoms with Crippen LogP contribution in [0.4, 0.5) is 0 Å². The van der Waals surface area contributed by atoms with Gasteiger partial charge in [0.2, 0.25) is 0 Å². The lowest BCUT2D eigenvalue weighted by atomic mass is 10.2. The third kappa shape index (κ3) is 4.84. The summed E-state index contributed by atoms with van der Waals surface area (Å²) >= 11 is 6.75. The summed E-state index contributed by atoms with van der Waals surface area (Å²) in [5, 5.41) is 7.98. The molecule has 21 heavy (non-hydrogen) atoms. The fourth-order valence-electron chi connectivity index (χ4n) is 1.67. The molecular formula is C15H16N2O2S2. The molecule has 0 saturated carbocycles. The molecule has 0 unspecified atom stereocenters. The first kappa shape index (κ1) is 15.5. The van der Waals surface area contributed by atoms with E-state index in [0.717, 1.165) is 10.6 Å². The Bertz CT molecular complexity index is 595. The predicted octanol–water partition coefficient (Wildman–Crippen LogP) is 2.95. The minimum Gasteiger partial charge on any atom is -0.494 e. The lowest BCUT2D eigenvalue weighted by Gasteiger charge is -2.09. The van der Waals surface area contributed by atoms with Crippen LogP contribution in [0.15, 0.2) is 41.8 Å². The van der Waals surface area contributed by atoms with E-state index in [1.54, 1.807) is 35.6 Å². The molecule has 0 atom stereocenters. The Morgan fingerprint density at radius 3 is 2.67 bits per heavy atom. The van der Waals surface area contributed by atoms with Gasteiger partial charge in [-0.1, -0.05) is 6.07 Å². The van der Waals surface area contributed by atoms with Gasteiger partial charge in [-0.3, -0.25) is 10.1 Å². The van der Waals surface area contributed by atoms with Gasteiger partial charge < -0.3 is 10.1 Å². The number of thiophene rings is 1. The molecule has 4 nitrogen and oxygen atoms in total. The van der Waals surface area contributed by atoms with E-state index >= 15 is 0 Å². The number of rotatable bonds is 5. The zero-order chi connectivity index (χ0) is 15.1. The van der Waals surface area contributed by atoms with E-state index < -0.39 is 0 Å². The van der Waals surface area contributed by atoms with Crippen LogP contribution in [0.3, 0.4) is 0 Å². The third-order valence-corrected chi connectivity index (χ3v) is 3.78. The van der Waals surface area contributed by atoms with Crippen molar-refractivity contribution in [3.63, 3.8) is 0 Å². The van der Waals surface area contributed by atoms with Crippen LogP contribution in [0.1, 0.15) is 22.2 Å². The minimum absolute atomic E-state index is 0.235. The summed E-state index contributed by atoms with van der Waals surface area (Å²) < 4.78 is 5.33. The van der Waals surface area contributed by atoms with E-state index in [1.807, 2.05) is 24.4 Å². The molecule has 0 spiro atoms. The summed E-state index contributed by atoms with van der Waals surface area (Å²) in [5.74, 6) is 0.508. The number of amides is 1. The number of carbonyl (C=O) groups is 1. The van der Waals surface area contributed by atoms with Crippen LogP contribution < -0.4 is 15.4 Å². The normalized spacial score (nSPS) is 9.95.